The average Bonchev–Trinajstić information content (AvgIpc) is 2.18. The van der Waals surface area contributed by atoms with Crippen LogP contribution >= 0.6 is 0 Å². The smallest absolute Gasteiger partial charge is 0.0349 e. The first kappa shape index (κ1) is 11.4. The molecule has 3 heteroatoms. The second-order valence-corrected chi connectivity index (χ2v) is 5.58. The van der Waals surface area contributed by atoms with Crippen LogP contribution in [0, 0.1) is 5.92 Å². The van der Waals surface area contributed by atoms with Gasteiger partial charge in [0.1, 0.15) is 0 Å². The van der Waals surface area contributed by atoms with Crippen LogP contribution in [0.3, 0.4) is 0 Å². The molecule has 2 heterocycles. The highest BCUT2D eigenvalue weighted by molar-refractivity contribution is 4.91. The maximum absolute atomic E-state index is 3.49. The molecule has 2 aliphatic heterocycles. The van der Waals surface area contributed by atoms with Gasteiger partial charge in [-0.3, -0.25) is 4.90 Å². The Balaban J connectivity index is 1.92. The van der Waals surface area contributed by atoms with Crippen molar-refractivity contribution in [1.29, 1.82) is 0 Å². The summed E-state index contributed by atoms with van der Waals surface area (Å²) in [7, 11) is 2.29. The van der Waals surface area contributed by atoms with E-state index < -0.39 is 0 Å². The SMILES string of the molecule is CC(C)CC1CN2CCNCC2CN1C. The second-order valence-electron chi connectivity index (χ2n) is 5.58. The minimum Gasteiger partial charge on any atom is -0.314 e. The third kappa shape index (κ3) is 2.71. The predicted molar refractivity (Wildman–Crippen MR) is 64.1 cm³/mol. The summed E-state index contributed by atoms with van der Waals surface area (Å²) in [5, 5.41) is 3.49. The van der Waals surface area contributed by atoms with E-state index in [1.54, 1.807) is 0 Å². The van der Waals surface area contributed by atoms with Crippen LogP contribution in [0.15, 0.2) is 0 Å². The summed E-state index contributed by atoms with van der Waals surface area (Å²) >= 11 is 0. The number of hydrogen-bond acceptors (Lipinski definition) is 3. The molecule has 0 saturated carbocycles. The highest BCUT2D eigenvalue weighted by atomic mass is 15.3. The molecule has 2 rings (SSSR count). The van der Waals surface area contributed by atoms with Crippen LogP contribution in [0.1, 0.15) is 20.3 Å². The van der Waals surface area contributed by atoms with E-state index in [0.717, 1.165) is 18.0 Å². The standard InChI is InChI=1S/C12H25N3/c1-10(2)6-11-9-15-5-4-13-7-12(15)8-14(11)3/h10-13H,4-9H2,1-3H3. The minimum absolute atomic E-state index is 0.757. The maximum atomic E-state index is 3.49. The van der Waals surface area contributed by atoms with Gasteiger partial charge in [0.15, 0.2) is 0 Å². The van der Waals surface area contributed by atoms with Crippen LogP contribution in [0.4, 0.5) is 0 Å². The van der Waals surface area contributed by atoms with E-state index >= 15 is 0 Å². The molecule has 0 spiro atoms. The van der Waals surface area contributed by atoms with E-state index in [9.17, 15) is 0 Å². The van der Waals surface area contributed by atoms with Crippen LogP contribution in [-0.2, 0) is 0 Å². The Morgan fingerprint density at radius 1 is 1.33 bits per heavy atom. The number of nitrogens with zero attached hydrogens (tertiary/aromatic N) is 2. The van der Waals surface area contributed by atoms with Crippen molar-refractivity contribution in [3.8, 4) is 0 Å². The van der Waals surface area contributed by atoms with Crippen LogP contribution in [0.25, 0.3) is 0 Å². The molecule has 15 heavy (non-hydrogen) atoms. The maximum Gasteiger partial charge on any atom is 0.0349 e. The molecular weight excluding hydrogens is 186 g/mol. The minimum atomic E-state index is 0.757. The van der Waals surface area contributed by atoms with Crippen molar-refractivity contribution in [2.24, 2.45) is 5.92 Å². The summed E-state index contributed by atoms with van der Waals surface area (Å²) in [4.78, 5) is 5.25. The molecule has 2 saturated heterocycles. The van der Waals surface area contributed by atoms with Gasteiger partial charge >= 0.3 is 0 Å². The van der Waals surface area contributed by atoms with Crippen molar-refractivity contribution < 1.29 is 0 Å². The summed E-state index contributed by atoms with van der Waals surface area (Å²) in [5.41, 5.74) is 0. The van der Waals surface area contributed by atoms with E-state index in [1.165, 1.54) is 39.1 Å². The van der Waals surface area contributed by atoms with Gasteiger partial charge in [-0.2, -0.15) is 0 Å². The van der Waals surface area contributed by atoms with Gasteiger partial charge in [-0.1, -0.05) is 13.8 Å². The first-order valence-corrected chi connectivity index (χ1v) is 6.32. The molecule has 2 unspecified atom stereocenters. The topological polar surface area (TPSA) is 18.5 Å². The lowest BCUT2D eigenvalue weighted by Gasteiger charge is -2.47. The molecule has 0 radical (unpaired) electrons. The number of hydrogen-bond donors (Lipinski definition) is 1. The van der Waals surface area contributed by atoms with E-state index in [2.05, 4.69) is 36.0 Å². The Labute approximate surface area is 93.8 Å². The van der Waals surface area contributed by atoms with Gasteiger partial charge in [-0.15, -0.1) is 0 Å². The third-order valence-electron chi connectivity index (χ3n) is 3.78. The highest BCUT2D eigenvalue weighted by Gasteiger charge is 2.32. The number of likely N-dealkylation sites (N-methyl/N-ethyl adjacent to an activating group) is 1. The van der Waals surface area contributed by atoms with E-state index in [1.807, 2.05) is 0 Å². The lowest BCUT2D eigenvalue weighted by atomic mass is 9.97. The molecule has 0 aromatic rings. The molecule has 3 nitrogen and oxygen atoms in total. The lowest BCUT2D eigenvalue weighted by molar-refractivity contribution is 0.0232. The Hall–Kier alpha value is -0.120. The van der Waals surface area contributed by atoms with E-state index in [4.69, 9.17) is 0 Å². The normalized spacial score (nSPS) is 34.4. The monoisotopic (exact) mass is 211 g/mol. The summed E-state index contributed by atoms with van der Waals surface area (Å²) in [6.07, 6.45) is 1.34. The fourth-order valence-corrected chi connectivity index (χ4v) is 2.91. The summed E-state index contributed by atoms with van der Waals surface area (Å²) in [6.45, 7) is 10.8. The van der Waals surface area contributed by atoms with Crippen molar-refractivity contribution in [3.05, 3.63) is 0 Å². The van der Waals surface area contributed by atoms with Gasteiger partial charge < -0.3 is 10.2 Å². The molecule has 0 bridgehead atoms. The molecule has 2 atom stereocenters. The Morgan fingerprint density at radius 2 is 2.13 bits per heavy atom. The summed E-state index contributed by atoms with van der Waals surface area (Å²) in [5.74, 6) is 0.817. The van der Waals surface area contributed by atoms with Crippen molar-refractivity contribution in [2.45, 2.75) is 32.4 Å². The molecule has 0 aliphatic carbocycles. The fraction of sp³-hybridized carbons (Fsp3) is 1.00. The second kappa shape index (κ2) is 4.81. The zero-order valence-corrected chi connectivity index (χ0v) is 10.4. The Morgan fingerprint density at radius 3 is 2.87 bits per heavy atom. The Kier molecular flexibility index (Phi) is 3.65. The summed E-state index contributed by atoms with van der Waals surface area (Å²) < 4.78 is 0. The van der Waals surface area contributed by atoms with Crippen molar-refractivity contribution in [3.63, 3.8) is 0 Å². The van der Waals surface area contributed by atoms with Crippen LogP contribution < -0.4 is 5.32 Å². The molecule has 0 aromatic heterocycles. The molecular formula is C12H25N3. The van der Waals surface area contributed by atoms with Crippen LogP contribution in [-0.4, -0.2) is 61.7 Å². The van der Waals surface area contributed by atoms with Crippen molar-refractivity contribution in [1.82, 2.24) is 15.1 Å². The molecule has 1 N–H and O–H groups in total. The molecule has 88 valence electrons. The zero-order chi connectivity index (χ0) is 10.8. The van der Waals surface area contributed by atoms with Gasteiger partial charge in [-0.25, -0.2) is 0 Å². The van der Waals surface area contributed by atoms with Crippen molar-refractivity contribution in [2.75, 3.05) is 39.8 Å². The molecule has 2 aliphatic rings. The quantitative estimate of drug-likeness (QED) is 0.722. The fourth-order valence-electron chi connectivity index (χ4n) is 2.91. The van der Waals surface area contributed by atoms with Crippen LogP contribution in [0.2, 0.25) is 0 Å². The van der Waals surface area contributed by atoms with E-state index in [-0.39, 0.29) is 0 Å². The highest BCUT2D eigenvalue weighted by Crippen LogP contribution is 2.19. The number of piperazine rings is 2. The lowest BCUT2D eigenvalue weighted by Crippen LogP contribution is -2.63. The van der Waals surface area contributed by atoms with Gasteiger partial charge in [-0.05, 0) is 19.4 Å². The largest absolute Gasteiger partial charge is 0.314 e. The molecule has 0 aromatic carbocycles. The van der Waals surface area contributed by atoms with Gasteiger partial charge in [0.25, 0.3) is 0 Å². The van der Waals surface area contributed by atoms with E-state index in [0.29, 0.717) is 0 Å². The average molecular weight is 211 g/mol. The molecule has 2 fully saturated rings. The number of rotatable bonds is 2. The third-order valence-corrected chi connectivity index (χ3v) is 3.78. The first-order valence-electron chi connectivity index (χ1n) is 6.32. The van der Waals surface area contributed by atoms with Gasteiger partial charge in [0.05, 0.1) is 0 Å². The number of fused-ring (bicyclic) bond motifs is 1. The van der Waals surface area contributed by atoms with Crippen molar-refractivity contribution >= 4 is 0 Å². The van der Waals surface area contributed by atoms with Gasteiger partial charge in [0.2, 0.25) is 0 Å². The Bertz CT molecular complexity index is 205. The summed E-state index contributed by atoms with van der Waals surface area (Å²) in [6, 6.07) is 1.53. The van der Waals surface area contributed by atoms with Crippen LogP contribution in [0.5, 0.6) is 0 Å². The first-order chi connectivity index (χ1) is 7.16. The number of nitrogens with one attached hydrogen (secondary N) is 1. The zero-order valence-electron chi connectivity index (χ0n) is 10.4. The predicted octanol–water partition coefficient (Wildman–Crippen LogP) is 0.620. The molecule has 0 amide bonds. The van der Waals surface area contributed by atoms with Gasteiger partial charge in [0, 0.05) is 44.8 Å².